The average Bonchev–Trinajstić information content (AvgIpc) is 2.83. The lowest BCUT2D eigenvalue weighted by Crippen LogP contribution is -2.45. The number of hydrogen-bond donors (Lipinski definition) is 2. The normalized spacial score (nSPS) is 17.9. The van der Waals surface area contributed by atoms with Gasteiger partial charge < -0.3 is 11.1 Å². The third-order valence-electron chi connectivity index (χ3n) is 2.32. The van der Waals surface area contributed by atoms with Crippen molar-refractivity contribution in [3.05, 3.63) is 0 Å². The van der Waals surface area contributed by atoms with E-state index in [4.69, 9.17) is 5.73 Å². The van der Waals surface area contributed by atoms with Crippen molar-refractivity contribution < 1.29 is 9.59 Å². The van der Waals surface area contributed by atoms with Crippen molar-refractivity contribution in [3.63, 3.8) is 0 Å². The van der Waals surface area contributed by atoms with Gasteiger partial charge in [-0.05, 0) is 25.2 Å². The number of carbonyl (C=O) groups is 2. The fourth-order valence-corrected chi connectivity index (χ4v) is 1.35. The van der Waals surface area contributed by atoms with E-state index in [2.05, 4.69) is 5.32 Å². The minimum atomic E-state index is -0.497. The highest BCUT2D eigenvalue weighted by Gasteiger charge is 2.32. The molecular weight excluding hydrogens is 180 g/mol. The van der Waals surface area contributed by atoms with E-state index in [1.807, 2.05) is 13.8 Å². The quantitative estimate of drug-likeness (QED) is 0.671. The van der Waals surface area contributed by atoms with Gasteiger partial charge >= 0.3 is 0 Å². The van der Waals surface area contributed by atoms with Crippen molar-refractivity contribution >= 4 is 11.8 Å². The predicted molar refractivity (Wildman–Crippen MR) is 53.3 cm³/mol. The summed E-state index contributed by atoms with van der Waals surface area (Å²) < 4.78 is 0. The molecule has 2 amide bonds. The van der Waals surface area contributed by atoms with Crippen LogP contribution in [-0.2, 0) is 9.59 Å². The Morgan fingerprint density at radius 3 is 2.36 bits per heavy atom. The second-order valence-corrected chi connectivity index (χ2v) is 4.37. The highest BCUT2D eigenvalue weighted by molar-refractivity contribution is 5.88. The molecule has 0 radical (unpaired) electrons. The fourth-order valence-electron chi connectivity index (χ4n) is 1.35. The molecule has 0 heterocycles. The van der Waals surface area contributed by atoms with Gasteiger partial charge in [-0.3, -0.25) is 9.59 Å². The molecule has 1 aliphatic carbocycles. The second-order valence-electron chi connectivity index (χ2n) is 4.37. The van der Waals surface area contributed by atoms with Gasteiger partial charge in [-0.2, -0.15) is 0 Å². The molecule has 0 aromatic rings. The zero-order valence-electron chi connectivity index (χ0n) is 8.75. The highest BCUT2D eigenvalue weighted by atomic mass is 16.2. The number of nitrogens with one attached hydrogen (secondary N) is 1. The summed E-state index contributed by atoms with van der Waals surface area (Å²) in [5.74, 6) is 0.0261. The van der Waals surface area contributed by atoms with E-state index in [0.717, 1.165) is 12.8 Å². The second kappa shape index (κ2) is 4.44. The van der Waals surface area contributed by atoms with E-state index < -0.39 is 11.9 Å². The average molecular weight is 198 g/mol. The molecule has 0 spiro atoms. The molecule has 0 bridgehead atoms. The van der Waals surface area contributed by atoms with E-state index in [-0.39, 0.29) is 11.8 Å². The van der Waals surface area contributed by atoms with Crippen molar-refractivity contribution in [1.82, 2.24) is 5.32 Å². The van der Waals surface area contributed by atoms with Crippen molar-refractivity contribution in [1.29, 1.82) is 0 Å². The van der Waals surface area contributed by atoms with Crippen LogP contribution in [-0.4, -0.2) is 17.9 Å². The van der Waals surface area contributed by atoms with Crippen LogP contribution in [0.1, 0.15) is 33.1 Å². The Morgan fingerprint density at radius 2 is 2.00 bits per heavy atom. The Labute approximate surface area is 84.2 Å². The van der Waals surface area contributed by atoms with Gasteiger partial charge in [-0.25, -0.2) is 0 Å². The number of hydrogen-bond acceptors (Lipinski definition) is 2. The number of nitrogens with two attached hydrogens (primary N) is 1. The minimum Gasteiger partial charge on any atom is -0.368 e. The smallest absolute Gasteiger partial charge is 0.240 e. The Bertz CT molecular complexity index is 234. The van der Waals surface area contributed by atoms with Gasteiger partial charge in [0.05, 0.1) is 0 Å². The Balaban J connectivity index is 2.41. The Kier molecular flexibility index (Phi) is 3.49. The maximum absolute atomic E-state index is 11.4. The first-order valence-electron chi connectivity index (χ1n) is 5.10. The molecule has 14 heavy (non-hydrogen) atoms. The number of carbonyl (C=O) groups excluding carboxylic acids is 2. The fraction of sp³-hybridized carbons (Fsp3) is 0.800. The predicted octanol–water partition coefficient (Wildman–Crippen LogP) is 0.413. The number of amides is 2. The highest BCUT2D eigenvalue weighted by Crippen LogP contribution is 2.29. The number of primary amides is 1. The van der Waals surface area contributed by atoms with Crippen LogP contribution in [0.15, 0.2) is 0 Å². The van der Waals surface area contributed by atoms with Crippen LogP contribution in [0, 0.1) is 11.8 Å². The van der Waals surface area contributed by atoms with Crippen LogP contribution in [0.4, 0.5) is 0 Å². The van der Waals surface area contributed by atoms with Crippen LogP contribution < -0.4 is 11.1 Å². The summed E-state index contributed by atoms with van der Waals surface area (Å²) in [5.41, 5.74) is 5.20. The van der Waals surface area contributed by atoms with Gasteiger partial charge in [0, 0.05) is 5.92 Å². The van der Waals surface area contributed by atoms with Crippen LogP contribution in [0.2, 0.25) is 0 Å². The molecule has 3 N–H and O–H groups in total. The largest absolute Gasteiger partial charge is 0.368 e. The van der Waals surface area contributed by atoms with Gasteiger partial charge in [0.1, 0.15) is 6.04 Å². The van der Waals surface area contributed by atoms with Gasteiger partial charge in [-0.15, -0.1) is 0 Å². The summed E-state index contributed by atoms with van der Waals surface area (Å²) in [6.07, 6.45) is 2.51. The molecule has 0 aliphatic heterocycles. The molecule has 4 nitrogen and oxygen atoms in total. The van der Waals surface area contributed by atoms with E-state index in [0.29, 0.717) is 12.3 Å². The maximum atomic E-state index is 11.4. The van der Waals surface area contributed by atoms with Crippen molar-refractivity contribution in [2.45, 2.75) is 39.2 Å². The molecule has 0 unspecified atom stereocenters. The van der Waals surface area contributed by atoms with Gasteiger partial charge in [0.15, 0.2) is 0 Å². The molecule has 1 rings (SSSR count). The molecule has 0 saturated heterocycles. The molecule has 1 aliphatic rings. The standard InChI is InChI=1S/C10H18N2O2/c1-6(2)5-8(9(11)13)12-10(14)7-3-4-7/h6-8H,3-5H2,1-2H3,(H2,11,13)(H,12,14)/t8-/m1/s1. The molecule has 0 aromatic heterocycles. The third-order valence-corrected chi connectivity index (χ3v) is 2.32. The van der Waals surface area contributed by atoms with Crippen LogP contribution >= 0.6 is 0 Å². The summed E-state index contributed by atoms with van der Waals surface area (Å²) >= 11 is 0. The zero-order chi connectivity index (χ0) is 10.7. The van der Waals surface area contributed by atoms with Crippen LogP contribution in [0.5, 0.6) is 0 Å². The van der Waals surface area contributed by atoms with Gasteiger partial charge in [0.25, 0.3) is 0 Å². The summed E-state index contributed by atoms with van der Waals surface area (Å²) in [5, 5.41) is 2.70. The summed E-state index contributed by atoms with van der Waals surface area (Å²) in [4.78, 5) is 22.4. The monoisotopic (exact) mass is 198 g/mol. The summed E-state index contributed by atoms with van der Waals surface area (Å²) in [6, 6.07) is -0.497. The van der Waals surface area contributed by atoms with Crippen LogP contribution in [0.25, 0.3) is 0 Å². The Hall–Kier alpha value is -1.06. The number of rotatable bonds is 5. The van der Waals surface area contributed by atoms with Crippen LogP contribution in [0.3, 0.4) is 0 Å². The molecule has 1 saturated carbocycles. The zero-order valence-corrected chi connectivity index (χ0v) is 8.75. The first kappa shape index (κ1) is 11.0. The van der Waals surface area contributed by atoms with E-state index in [9.17, 15) is 9.59 Å². The first-order valence-corrected chi connectivity index (χ1v) is 5.10. The molecule has 1 fully saturated rings. The SMILES string of the molecule is CC(C)C[C@@H](NC(=O)C1CC1)C(N)=O. The molecule has 0 aromatic carbocycles. The molecular formula is C10H18N2O2. The van der Waals surface area contributed by atoms with Gasteiger partial charge in [0.2, 0.25) is 11.8 Å². The summed E-state index contributed by atoms with van der Waals surface area (Å²) in [7, 11) is 0. The minimum absolute atomic E-state index is 0.0190. The van der Waals surface area contributed by atoms with Crippen molar-refractivity contribution in [2.24, 2.45) is 17.6 Å². The third kappa shape index (κ3) is 3.36. The first-order chi connectivity index (χ1) is 6.50. The lowest BCUT2D eigenvalue weighted by atomic mass is 10.0. The van der Waals surface area contributed by atoms with E-state index in [1.54, 1.807) is 0 Å². The van der Waals surface area contributed by atoms with E-state index >= 15 is 0 Å². The Morgan fingerprint density at radius 1 is 1.43 bits per heavy atom. The lowest BCUT2D eigenvalue weighted by molar-refractivity contribution is -0.128. The molecule has 80 valence electrons. The molecule has 1 atom stereocenters. The van der Waals surface area contributed by atoms with E-state index in [1.165, 1.54) is 0 Å². The van der Waals surface area contributed by atoms with Crippen molar-refractivity contribution in [3.8, 4) is 0 Å². The molecule has 4 heteroatoms. The van der Waals surface area contributed by atoms with Gasteiger partial charge in [-0.1, -0.05) is 13.8 Å². The van der Waals surface area contributed by atoms with Crippen molar-refractivity contribution in [2.75, 3.05) is 0 Å². The maximum Gasteiger partial charge on any atom is 0.240 e. The lowest BCUT2D eigenvalue weighted by Gasteiger charge is -2.17. The topological polar surface area (TPSA) is 72.2 Å². The summed E-state index contributed by atoms with van der Waals surface area (Å²) in [6.45, 7) is 4.00.